The van der Waals surface area contributed by atoms with E-state index in [0.29, 0.717) is 32.4 Å². The topological polar surface area (TPSA) is 98.8 Å². The summed E-state index contributed by atoms with van der Waals surface area (Å²) in [6.07, 6.45) is 4.85. The van der Waals surface area contributed by atoms with Crippen molar-refractivity contribution in [1.82, 2.24) is 20.4 Å². The molecule has 1 aliphatic carbocycles. The van der Waals surface area contributed by atoms with Crippen molar-refractivity contribution in [2.45, 2.75) is 77.8 Å². The van der Waals surface area contributed by atoms with E-state index in [9.17, 15) is 19.2 Å². The largest absolute Gasteiger partial charge is 0.352 e. The van der Waals surface area contributed by atoms with E-state index in [1.807, 2.05) is 32.6 Å². The van der Waals surface area contributed by atoms with Crippen molar-refractivity contribution in [2.24, 2.45) is 11.3 Å². The predicted molar refractivity (Wildman–Crippen MR) is 108 cm³/mol. The van der Waals surface area contributed by atoms with Gasteiger partial charge in [0.05, 0.1) is 0 Å². The molecule has 2 atom stereocenters. The van der Waals surface area contributed by atoms with Crippen molar-refractivity contribution >= 4 is 23.8 Å². The Hall–Kier alpha value is -2.12. The maximum Gasteiger partial charge on any atom is 0.325 e. The molecule has 2 aliphatic heterocycles. The molecular formula is C21H34N4O4. The van der Waals surface area contributed by atoms with Crippen LogP contribution in [0.15, 0.2) is 0 Å². The lowest BCUT2D eigenvalue weighted by Crippen LogP contribution is -2.54. The molecule has 0 bridgehead atoms. The van der Waals surface area contributed by atoms with E-state index < -0.39 is 17.0 Å². The van der Waals surface area contributed by atoms with Crippen LogP contribution in [-0.4, -0.2) is 64.8 Å². The van der Waals surface area contributed by atoms with Gasteiger partial charge in [-0.15, -0.1) is 0 Å². The average Bonchev–Trinajstić information content (AvgIpc) is 2.88. The highest BCUT2D eigenvalue weighted by atomic mass is 16.2. The molecule has 1 spiro atoms. The monoisotopic (exact) mass is 406 g/mol. The number of urea groups is 1. The van der Waals surface area contributed by atoms with Gasteiger partial charge in [0.15, 0.2) is 0 Å². The van der Waals surface area contributed by atoms with Crippen molar-refractivity contribution in [3.8, 4) is 0 Å². The fourth-order valence-corrected chi connectivity index (χ4v) is 4.76. The van der Waals surface area contributed by atoms with Crippen LogP contribution in [0.25, 0.3) is 0 Å². The second-order valence-electron chi connectivity index (χ2n) is 9.82. The third-order valence-electron chi connectivity index (χ3n) is 6.59. The molecule has 2 N–H and O–H groups in total. The third kappa shape index (κ3) is 4.26. The van der Waals surface area contributed by atoms with Gasteiger partial charge in [0.1, 0.15) is 12.1 Å². The van der Waals surface area contributed by atoms with Crippen molar-refractivity contribution in [2.75, 3.05) is 19.6 Å². The smallest absolute Gasteiger partial charge is 0.325 e. The number of nitrogens with one attached hydrogen (secondary N) is 2. The number of nitrogens with zero attached hydrogens (tertiary/aromatic N) is 2. The first-order valence-electron chi connectivity index (χ1n) is 10.8. The molecule has 0 radical (unpaired) electrons. The van der Waals surface area contributed by atoms with Gasteiger partial charge >= 0.3 is 6.03 Å². The van der Waals surface area contributed by atoms with E-state index >= 15 is 0 Å². The molecule has 2 heterocycles. The van der Waals surface area contributed by atoms with Crippen LogP contribution in [0.5, 0.6) is 0 Å². The van der Waals surface area contributed by atoms with Gasteiger partial charge in [0.2, 0.25) is 11.8 Å². The molecule has 3 fully saturated rings. The van der Waals surface area contributed by atoms with Crippen LogP contribution in [0.1, 0.15) is 66.2 Å². The number of rotatable bonds is 3. The van der Waals surface area contributed by atoms with E-state index in [2.05, 4.69) is 10.6 Å². The van der Waals surface area contributed by atoms with Crippen LogP contribution >= 0.6 is 0 Å². The van der Waals surface area contributed by atoms with E-state index in [1.165, 1.54) is 0 Å². The summed E-state index contributed by atoms with van der Waals surface area (Å²) in [5.41, 5.74) is -1.25. The second kappa shape index (κ2) is 7.95. The summed E-state index contributed by atoms with van der Waals surface area (Å²) < 4.78 is 0. The van der Waals surface area contributed by atoms with Crippen LogP contribution in [0.2, 0.25) is 0 Å². The molecule has 8 nitrogen and oxygen atoms in total. The Morgan fingerprint density at radius 3 is 2.38 bits per heavy atom. The van der Waals surface area contributed by atoms with Crippen LogP contribution in [0.3, 0.4) is 0 Å². The minimum Gasteiger partial charge on any atom is -0.352 e. The zero-order chi connectivity index (χ0) is 21.4. The summed E-state index contributed by atoms with van der Waals surface area (Å²) in [6, 6.07) is -0.514. The molecule has 8 heteroatoms. The van der Waals surface area contributed by atoms with Gasteiger partial charge in [-0.3, -0.25) is 19.3 Å². The van der Waals surface area contributed by atoms with Crippen molar-refractivity contribution in [3.05, 3.63) is 0 Å². The zero-order valence-corrected chi connectivity index (χ0v) is 18.0. The van der Waals surface area contributed by atoms with Gasteiger partial charge in [-0.1, -0.05) is 40.5 Å². The van der Waals surface area contributed by atoms with Crippen molar-refractivity contribution < 1.29 is 19.2 Å². The second-order valence-corrected chi connectivity index (χ2v) is 9.82. The lowest BCUT2D eigenvalue weighted by atomic mass is 9.73. The summed E-state index contributed by atoms with van der Waals surface area (Å²) in [6.45, 7) is 8.66. The van der Waals surface area contributed by atoms with Gasteiger partial charge in [-0.25, -0.2) is 4.79 Å². The van der Waals surface area contributed by atoms with E-state index in [-0.39, 0.29) is 36.2 Å². The van der Waals surface area contributed by atoms with Gasteiger partial charge in [0.25, 0.3) is 5.91 Å². The minimum atomic E-state index is -0.839. The van der Waals surface area contributed by atoms with Crippen molar-refractivity contribution in [3.63, 3.8) is 0 Å². The SMILES string of the molecule is CC1CCCCC12NC(=O)N(CC(=O)NC1CCN(C(=O)C(C)(C)C)CC1)C2=O. The first kappa shape index (κ1) is 21.6. The maximum absolute atomic E-state index is 13.0. The lowest BCUT2D eigenvalue weighted by molar-refractivity contribution is -0.141. The molecule has 162 valence electrons. The summed E-state index contributed by atoms with van der Waals surface area (Å²) in [7, 11) is 0. The first-order chi connectivity index (χ1) is 13.5. The number of hydrogen-bond acceptors (Lipinski definition) is 4. The normalized spacial score (nSPS) is 28.6. The van der Waals surface area contributed by atoms with Gasteiger partial charge in [-0.2, -0.15) is 0 Å². The first-order valence-corrected chi connectivity index (χ1v) is 10.8. The molecule has 0 aromatic heterocycles. The average molecular weight is 407 g/mol. The standard InChI is InChI=1S/C21H34N4O4/c1-14-7-5-6-10-21(14)18(28)25(19(29)23-21)13-16(26)22-15-8-11-24(12-9-15)17(27)20(2,3)4/h14-15H,5-13H2,1-4H3,(H,22,26)(H,23,29). The highest BCUT2D eigenvalue weighted by Gasteiger charge is 2.55. The molecule has 5 amide bonds. The number of piperidine rings is 1. The van der Waals surface area contributed by atoms with Crippen LogP contribution in [0.4, 0.5) is 4.79 Å². The third-order valence-corrected chi connectivity index (χ3v) is 6.59. The molecule has 0 aromatic carbocycles. The molecule has 2 saturated heterocycles. The molecule has 29 heavy (non-hydrogen) atoms. The fourth-order valence-electron chi connectivity index (χ4n) is 4.76. The van der Waals surface area contributed by atoms with Gasteiger partial charge < -0.3 is 15.5 Å². The zero-order valence-electron chi connectivity index (χ0n) is 18.0. The maximum atomic E-state index is 13.0. The molecule has 3 rings (SSSR count). The number of hydrogen-bond donors (Lipinski definition) is 2. The van der Waals surface area contributed by atoms with E-state index in [0.717, 1.165) is 24.2 Å². The molecule has 1 saturated carbocycles. The Morgan fingerprint density at radius 1 is 1.14 bits per heavy atom. The Labute approximate surface area is 172 Å². The van der Waals surface area contributed by atoms with Crippen LogP contribution in [0, 0.1) is 11.3 Å². The van der Waals surface area contributed by atoms with Crippen LogP contribution in [-0.2, 0) is 14.4 Å². The lowest BCUT2D eigenvalue weighted by Gasteiger charge is -2.37. The Bertz CT molecular complexity index is 693. The summed E-state index contributed by atoms with van der Waals surface area (Å²) in [5, 5.41) is 5.81. The summed E-state index contributed by atoms with van der Waals surface area (Å²) >= 11 is 0. The molecule has 0 aromatic rings. The fraction of sp³-hybridized carbons (Fsp3) is 0.810. The number of imide groups is 1. The number of carbonyl (C=O) groups is 4. The number of likely N-dealkylation sites (tertiary alicyclic amines) is 1. The summed E-state index contributed by atoms with van der Waals surface area (Å²) in [5.74, 6) is -0.399. The van der Waals surface area contributed by atoms with Crippen LogP contribution < -0.4 is 10.6 Å². The number of amides is 5. The Balaban J connectivity index is 1.52. The Morgan fingerprint density at radius 2 is 1.79 bits per heavy atom. The van der Waals surface area contributed by atoms with Gasteiger partial charge in [-0.05, 0) is 31.6 Å². The number of carbonyl (C=O) groups excluding carboxylic acids is 4. The van der Waals surface area contributed by atoms with E-state index in [4.69, 9.17) is 0 Å². The molecular weight excluding hydrogens is 372 g/mol. The highest BCUT2D eigenvalue weighted by Crippen LogP contribution is 2.38. The van der Waals surface area contributed by atoms with E-state index in [1.54, 1.807) is 0 Å². The quantitative estimate of drug-likeness (QED) is 0.696. The molecule has 3 aliphatic rings. The Kier molecular flexibility index (Phi) is 5.92. The predicted octanol–water partition coefficient (Wildman–Crippen LogP) is 1.64. The van der Waals surface area contributed by atoms with Crippen molar-refractivity contribution in [1.29, 1.82) is 0 Å². The highest BCUT2D eigenvalue weighted by molar-refractivity contribution is 6.09. The van der Waals surface area contributed by atoms with Gasteiger partial charge in [0, 0.05) is 24.5 Å². The minimum absolute atomic E-state index is 0.0464. The summed E-state index contributed by atoms with van der Waals surface area (Å²) in [4.78, 5) is 53.2. The molecule has 2 unspecified atom stereocenters.